The molecule has 11 nitrogen and oxygen atoms in total. The number of nitrogens with one attached hydrogen (secondary N) is 1. The van der Waals surface area contributed by atoms with E-state index in [4.69, 9.17) is 32.9 Å². The van der Waals surface area contributed by atoms with Gasteiger partial charge in [0, 0.05) is 60.7 Å². The van der Waals surface area contributed by atoms with Gasteiger partial charge in [-0.05, 0) is 63.7 Å². The minimum atomic E-state index is -0.256. The molecular weight excluding hydrogens is 566 g/mol. The highest BCUT2D eigenvalue weighted by Crippen LogP contribution is 2.42. The number of nitrogens with zero attached hydrogens (tertiary/aromatic N) is 8. The van der Waals surface area contributed by atoms with E-state index in [2.05, 4.69) is 50.4 Å². The van der Waals surface area contributed by atoms with Gasteiger partial charge >= 0.3 is 6.01 Å². The summed E-state index contributed by atoms with van der Waals surface area (Å²) in [4.78, 5) is 34.8. The Labute approximate surface area is 257 Å². The van der Waals surface area contributed by atoms with Gasteiger partial charge in [-0.1, -0.05) is 18.2 Å². The second-order valence-electron chi connectivity index (χ2n) is 11.9. The van der Waals surface area contributed by atoms with Crippen molar-refractivity contribution in [3.63, 3.8) is 0 Å². The van der Waals surface area contributed by atoms with Crippen LogP contribution in [0.4, 0.5) is 5.82 Å². The first kappa shape index (κ1) is 29.4. The predicted octanol–water partition coefficient (Wildman–Crippen LogP) is 3.64. The number of carbonyl (C=O) groups is 1. The first-order chi connectivity index (χ1) is 20.8. The minimum absolute atomic E-state index is 0.0199. The lowest BCUT2D eigenvalue weighted by molar-refractivity contribution is -0.128. The number of aromatic nitrogens is 4. The summed E-state index contributed by atoms with van der Waals surface area (Å²) in [5.74, 6) is 0.667. The van der Waals surface area contributed by atoms with Crippen LogP contribution in [-0.2, 0) is 17.8 Å². The fourth-order valence-corrected chi connectivity index (χ4v) is 7.09. The maximum Gasteiger partial charge on any atom is 0.318 e. The van der Waals surface area contributed by atoms with Gasteiger partial charge in [0.1, 0.15) is 18.5 Å². The summed E-state index contributed by atoms with van der Waals surface area (Å²) in [6.07, 6.45) is 6.05. The molecule has 0 bridgehead atoms. The second-order valence-corrected chi connectivity index (χ2v) is 12.3. The van der Waals surface area contributed by atoms with E-state index >= 15 is 0 Å². The number of anilines is 1. The fraction of sp³-hybridized carbons (Fsp3) is 0.516. The van der Waals surface area contributed by atoms with Crippen LogP contribution in [0.15, 0.2) is 24.9 Å². The third-order valence-electron chi connectivity index (χ3n) is 9.23. The topological polar surface area (TPSA) is 98.1 Å². The zero-order valence-electron chi connectivity index (χ0n) is 25.0. The SMILES string of the molecule is [C-]#[N+]C[C@H]1CN(c2nc(OC[C@@H]3CCCN3C)nc3c2CN(C)C(c2c(Cl)c(C)cc4[nH]ncc24)C3)CCN1C(=O)C=C. The van der Waals surface area contributed by atoms with Crippen molar-refractivity contribution in [2.24, 2.45) is 0 Å². The van der Waals surface area contributed by atoms with Gasteiger partial charge in [-0.15, -0.1) is 0 Å². The molecule has 0 radical (unpaired) electrons. The molecule has 2 fully saturated rings. The van der Waals surface area contributed by atoms with E-state index in [1.54, 1.807) is 4.90 Å². The normalized spacial score (nSPS) is 22.9. The molecule has 1 N–H and O–H groups in total. The van der Waals surface area contributed by atoms with Gasteiger partial charge in [0.05, 0.1) is 17.4 Å². The molecule has 0 saturated carbocycles. The number of carbonyl (C=O) groups excluding carboxylic acids is 1. The Morgan fingerprint density at radius 3 is 2.84 bits per heavy atom. The van der Waals surface area contributed by atoms with Gasteiger partial charge in [0.25, 0.3) is 0 Å². The first-order valence-corrected chi connectivity index (χ1v) is 15.2. The number of ether oxygens (including phenoxy) is 1. The second kappa shape index (κ2) is 12.1. The van der Waals surface area contributed by atoms with Crippen LogP contribution in [0.25, 0.3) is 15.7 Å². The number of piperazine rings is 1. The van der Waals surface area contributed by atoms with Crippen LogP contribution in [0.3, 0.4) is 0 Å². The van der Waals surface area contributed by atoms with Crippen molar-refractivity contribution >= 4 is 34.2 Å². The molecule has 1 unspecified atom stereocenters. The van der Waals surface area contributed by atoms with Gasteiger partial charge in [-0.25, -0.2) is 6.57 Å². The Morgan fingerprint density at radius 1 is 1.26 bits per heavy atom. The first-order valence-electron chi connectivity index (χ1n) is 14.8. The van der Waals surface area contributed by atoms with Gasteiger partial charge in [0.15, 0.2) is 0 Å². The van der Waals surface area contributed by atoms with Crippen molar-refractivity contribution in [1.29, 1.82) is 0 Å². The minimum Gasteiger partial charge on any atom is -0.462 e. The summed E-state index contributed by atoms with van der Waals surface area (Å²) >= 11 is 6.97. The van der Waals surface area contributed by atoms with Crippen LogP contribution in [0.1, 0.15) is 41.3 Å². The zero-order chi connectivity index (χ0) is 30.2. The number of rotatable bonds is 7. The molecule has 12 heteroatoms. The van der Waals surface area contributed by atoms with Crippen molar-refractivity contribution in [2.75, 3.05) is 58.3 Å². The Morgan fingerprint density at radius 2 is 2.09 bits per heavy atom. The summed E-state index contributed by atoms with van der Waals surface area (Å²) in [7, 11) is 4.23. The van der Waals surface area contributed by atoms with Crippen LogP contribution in [0, 0.1) is 13.5 Å². The average molecular weight is 604 g/mol. The maximum absolute atomic E-state index is 12.6. The van der Waals surface area contributed by atoms with Crippen molar-refractivity contribution in [2.45, 2.75) is 50.9 Å². The molecule has 2 saturated heterocycles. The predicted molar refractivity (Wildman–Crippen MR) is 166 cm³/mol. The molecule has 3 aliphatic rings. The van der Waals surface area contributed by atoms with Crippen LogP contribution >= 0.6 is 11.6 Å². The van der Waals surface area contributed by atoms with Gasteiger partial charge in [-0.3, -0.25) is 14.8 Å². The summed E-state index contributed by atoms with van der Waals surface area (Å²) in [6.45, 7) is 17.2. The molecule has 0 spiro atoms. The molecule has 1 amide bonds. The van der Waals surface area contributed by atoms with Crippen LogP contribution < -0.4 is 9.64 Å². The Kier molecular flexibility index (Phi) is 8.27. The molecule has 0 aliphatic carbocycles. The lowest BCUT2D eigenvalue weighted by atomic mass is 9.90. The highest BCUT2D eigenvalue weighted by molar-refractivity contribution is 6.33. The Hall–Kier alpha value is -3.72. The molecule has 6 rings (SSSR count). The molecule has 3 atom stereocenters. The van der Waals surface area contributed by atoms with E-state index in [-0.39, 0.29) is 24.5 Å². The third-order valence-corrected chi connectivity index (χ3v) is 9.73. The summed E-state index contributed by atoms with van der Waals surface area (Å²) in [6, 6.07) is 2.46. The lowest BCUT2D eigenvalue weighted by Gasteiger charge is -2.42. The van der Waals surface area contributed by atoms with Crippen LogP contribution in [0.5, 0.6) is 6.01 Å². The molecule has 5 heterocycles. The van der Waals surface area contributed by atoms with Crippen molar-refractivity contribution in [1.82, 2.24) is 34.9 Å². The number of aryl methyl sites for hydroxylation is 1. The molecule has 2 aromatic heterocycles. The maximum atomic E-state index is 12.6. The van der Waals surface area contributed by atoms with E-state index in [0.29, 0.717) is 51.3 Å². The van der Waals surface area contributed by atoms with E-state index in [9.17, 15) is 4.79 Å². The number of hydrogen-bond donors (Lipinski definition) is 1. The van der Waals surface area contributed by atoms with Gasteiger partial charge in [0.2, 0.25) is 12.5 Å². The van der Waals surface area contributed by atoms with Gasteiger partial charge in [-0.2, -0.15) is 15.1 Å². The molecule has 1 aromatic carbocycles. The third kappa shape index (κ3) is 5.55. The van der Waals surface area contributed by atoms with Crippen molar-refractivity contribution in [3.8, 4) is 6.01 Å². The standard InChI is InChI=1S/C31H38ClN9O2/c1-6-27(42)41-11-10-40(16-21(41)14-33-3)30-23-17-39(5)26(28-22-15-34-37-25(22)12-19(2)29(28)32)13-24(23)35-31(36-30)43-18-20-8-7-9-38(20)4/h6,12,15,20-21,26H,1,7-11,13-14,16-18H2,2,4-5H3,(H,34,37)/t20-,21-,26?/m0/s1. The number of aromatic amines is 1. The monoisotopic (exact) mass is 603 g/mol. The van der Waals surface area contributed by atoms with E-state index in [1.807, 2.05) is 19.2 Å². The number of fused-ring (bicyclic) bond motifs is 2. The van der Waals surface area contributed by atoms with Crippen LogP contribution in [-0.4, -0.2) is 106 Å². The number of H-pyrrole nitrogens is 1. The summed E-state index contributed by atoms with van der Waals surface area (Å²) in [5.41, 5.74) is 4.98. The van der Waals surface area contributed by atoms with Gasteiger partial charge < -0.3 is 24.3 Å². The number of amides is 1. The molecule has 3 aromatic rings. The Balaban J connectivity index is 1.38. The Bertz CT molecular complexity index is 1580. The highest BCUT2D eigenvalue weighted by Gasteiger charge is 2.37. The number of likely N-dealkylation sites (tertiary alicyclic amines) is 1. The summed E-state index contributed by atoms with van der Waals surface area (Å²) in [5, 5.41) is 9.15. The fourth-order valence-electron chi connectivity index (χ4n) is 6.81. The van der Waals surface area contributed by atoms with Crippen LogP contribution in [0.2, 0.25) is 5.02 Å². The highest BCUT2D eigenvalue weighted by atomic mass is 35.5. The van der Waals surface area contributed by atoms with E-state index in [1.165, 1.54) is 6.08 Å². The molecule has 226 valence electrons. The number of likely N-dealkylation sites (N-methyl/N-ethyl adjacent to an activating group) is 2. The molecular formula is C31H38ClN9O2. The lowest BCUT2D eigenvalue weighted by Crippen LogP contribution is -2.56. The van der Waals surface area contributed by atoms with E-state index in [0.717, 1.165) is 63.5 Å². The average Bonchev–Trinajstić information content (AvgIpc) is 3.64. The zero-order valence-corrected chi connectivity index (χ0v) is 25.8. The van der Waals surface area contributed by atoms with E-state index < -0.39 is 0 Å². The van der Waals surface area contributed by atoms with Crippen molar-refractivity contribution < 1.29 is 9.53 Å². The smallest absolute Gasteiger partial charge is 0.318 e. The van der Waals surface area contributed by atoms with Crippen molar-refractivity contribution in [3.05, 3.63) is 63.7 Å². The molecule has 3 aliphatic heterocycles. The quantitative estimate of drug-likeness (QED) is 0.323. The number of hydrogen-bond acceptors (Lipinski definition) is 8. The summed E-state index contributed by atoms with van der Waals surface area (Å²) < 4.78 is 6.31. The molecule has 43 heavy (non-hydrogen) atoms. The largest absolute Gasteiger partial charge is 0.462 e. The number of benzene rings is 1. The number of halogens is 1.